The van der Waals surface area contributed by atoms with Crippen LogP contribution in [0, 0.1) is 0 Å². The number of methoxy groups -OCH3 is 1. The molecule has 1 heterocycles. The highest BCUT2D eigenvalue weighted by atomic mass is 35.5. The Morgan fingerprint density at radius 3 is 2.55 bits per heavy atom. The molecule has 1 aromatic carbocycles. The summed E-state index contributed by atoms with van der Waals surface area (Å²) >= 11 is 5.83. The first-order valence-electron chi connectivity index (χ1n) is 5.92. The van der Waals surface area contributed by atoms with Crippen molar-refractivity contribution < 1.29 is 9.53 Å². The summed E-state index contributed by atoms with van der Waals surface area (Å²) in [4.78, 5) is 23.6. The molecule has 0 unspecified atom stereocenters. The number of carbonyl (C=O) groups excluding carboxylic acids is 1. The third-order valence-electron chi connectivity index (χ3n) is 2.84. The topological polar surface area (TPSA) is 61.2 Å². The SMILES string of the molecule is COc1ccc(Cn2ncc(Cl)c(C(C)=O)c2=O)cc1. The van der Waals surface area contributed by atoms with Gasteiger partial charge in [-0.25, -0.2) is 4.68 Å². The quantitative estimate of drug-likeness (QED) is 0.810. The number of benzene rings is 1. The van der Waals surface area contributed by atoms with E-state index in [0.717, 1.165) is 11.3 Å². The Kier molecular flexibility index (Phi) is 4.20. The van der Waals surface area contributed by atoms with Crippen molar-refractivity contribution in [2.75, 3.05) is 7.11 Å². The van der Waals surface area contributed by atoms with Crippen LogP contribution in [0.2, 0.25) is 5.02 Å². The van der Waals surface area contributed by atoms with Crippen LogP contribution in [0.5, 0.6) is 5.75 Å². The molecule has 2 aromatic rings. The summed E-state index contributed by atoms with van der Waals surface area (Å²) in [5.74, 6) is 0.362. The molecule has 0 saturated carbocycles. The van der Waals surface area contributed by atoms with E-state index < -0.39 is 5.56 Å². The summed E-state index contributed by atoms with van der Waals surface area (Å²) in [6, 6.07) is 7.24. The van der Waals surface area contributed by atoms with Crippen molar-refractivity contribution in [2.45, 2.75) is 13.5 Å². The minimum atomic E-state index is -0.485. The molecule has 0 aliphatic carbocycles. The van der Waals surface area contributed by atoms with Gasteiger partial charge in [-0.3, -0.25) is 9.59 Å². The summed E-state index contributed by atoms with van der Waals surface area (Å²) in [6.07, 6.45) is 1.31. The van der Waals surface area contributed by atoms with Gasteiger partial charge in [-0.15, -0.1) is 0 Å². The molecule has 6 heteroatoms. The van der Waals surface area contributed by atoms with Gasteiger partial charge in [0.25, 0.3) is 5.56 Å². The van der Waals surface area contributed by atoms with Crippen LogP contribution in [0.25, 0.3) is 0 Å². The maximum Gasteiger partial charge on any atom is 0.279 e. The normalized spacial score (nSPS) is 10.3. The number of hydrogen-bond donors (Lipinski definition) is 0. The molecule has 0 atom stereocenters. The summed E-state index contributed by atoms with van der Waals surface area (Å²) in [5, 5.41) is 4.02. The van der Waals surface area contributed by atoms with Gasteiger partial charge in [0.05, 0.1) is 24.9 Å². The molecule has 0 fully saturated rings. The zero-order valence-electron chi connectivity index (χ0n) is 11.1. The third-order valence-corrected chi connectivity index (χ3v) is 3.13. The summed E-state index contributed by atoms with van der Waals surface area (Å²) in [7, 11) is 1.58. The number of hydrogen-bond acceptors (Lipinski definition) is 4. The van der Waals surface area contributed by atoms with Gasteiger partial charge in [0.2, 0.25) is 0 Å². The van der Waals surface area contributed by atoms with Crippen molar-refractivity contribution in [2.24, 2.45) is 0 Å². The Morgan fingerprint density at radius 1 is 1.35 bits per heavy atom. The van der Waals surface area contributed by atoms with Crippen LogP contribution < -0.4 is 10.3 Å². The molecule has 0 N–H and O–H groups in total. The van der Waals surface area contributed by atoms with Crippen molar-refractivity contribution in [3.63, 3.8) is 0 Å². The van der Waals surface area contributed by atoms with Gasteiger partial charge in [0.1, 0.15) is 11.3 Å². The van der Waals surface area contributed by atoms with Gasteiger partial charge in [-0.05, 0) is 24.6 Å². The molecular weight excluding hydrogens is 280 g/mol. The minimum absolute atomic E-state index is 0.0322. The smallest absolute Gasteiger partial charge is 0.279 e. The first-order chi connectivity index (χ1) is 9.52. The van der Waals surface area contributed by atoms with Crippen LogP contribution in [0.1, 0.15) is 22.8 Å². The second-order valence-corrected chi connectivity index (χ2v) is 4.64. The average Bonchev–Trinajstić information content (AvgIpc) is 2.42. The number of Topliss-reactive ketones (excluding diaryl/α,β-unsaturated/α-hetero) is 1. The van der Waals surface area contributed by atoms with E-state index in [1.165, 1.54) is 17.8 Å². The zero-order chi connectivity index (χ0) is 14.7. The molecule has 2 rings (SSSR count). The maximum atomic E-state index is 12.1. The van der Waals surface area contributed by atoms with Gasteiger partial charge >= 0.3 is 0 Å². The second kappa shape index (κ2) is 5.88. The van der Waals surface area contributed by atoms with E-state index in [9.17, 15) is 9.59 Å². The lowest BCUT2D eigenvalue weighted by molar-refractivity contribution is 0.101. The van der Waals surface area contributed by atoms with Crippen LogP contribution in [0.15, 0.2) is 35.3 Å². The average molecular weight is 293 g/mol. The first-order valence-corrected chi connectivity index (χ1v) is 6.30. The van der Waals surface area contributed by atoms with Gasteiger partial charge in [-0.1, -0.05) is 23.7 Å². The fourth-order valence-corrected chi connectivity index (χ4v) is 2.06. The molecule has 0 saturated heterocycles. The number of halogens is 1. The van der Waals surface area contributed by atoms with Crippen molar-refractivity contribution in [3.05, 3.63) is 57.0 Å². The molecule has 5 nitrogen and oxygen atoms in total. The molecule has 0 aliphatic rings. The molecule has 1 aromatic heterocycles. The highest BCUT2D eigenvalue weighted by Crippen LogP contribution is 2.13. The first kappa shape index (κ1) is 14.3. The van der Waals surface area contributed by atoms with Crippen molar-refractivity contribution in [3.8, 4) is 5.75 Å². The zero-order valence-corrected chi connectivity index (χ0v) is 11.8. The van der Waals surface area contributed by atoms with Crippen LogP contribution in [0.4, 0.5) is 0 Å². The second-order valence-electron chi connectivity index (χ2n) is 4.23. The fraction of sp³-hybridized carbons (Fsp3) is 0.214. The van der Waals surface area contributed by atoms with E-state index in [4.69, 9.17) is 16.3 Å². The minimum Gasteiger partial charge on any atom is -0.497 e. The monoisotopic (exact) mass is 292 g/mol. The van der Waals surface area contributed by atoms with Gasteiger partial charge in [-0.2, -0.15) is 5.10 Å². The van der Waals surface area contributed by atoms with Crippen LogP contribution in [-0.2, 0) is 6.54 Å². The summed E-state index contributed by atoms with van der Waals surface area (Å²) in [5.41, 5.74) is 0.355. The number of rotatable bonds is 4. The van der Waals surface area contributed by atoms with Gasteiger partial charge < -0.3 is 4.74 Å². The van der Waals surface area contributed by atoms with Gasteiger partial charge in [0, 0.05) is 0 Å². The Morgan fingerprint density at radius 2 is 2.00 bits per heavy atom. The van der Waals surface area contributed by atoms with Crippen molar-refractivity contribution in [1.82, 2.24) is 9.78 Å². The van der Waals surface area contributed by atoms with E-state index >= 15 is 0 Å². The third kappa shape index (κ3) is 2.88. The summed E-state index contributed by atoms with van der Waals surface area (Å²) < 4.78 is 6.28. The standard InChI is InChI=1S/C14H13ClN2O3/c1-9(18)13-12(15)7-16-17(14(13)19)8-10-3-5-11(20-2)6-4-10/h3-7H,8H2,1-2H3. The van der Waals surface area contributed by atoms with Crippen molar-refractivity contribution >= 4 is 17.4 Å². The lowest BCUT2D eigenvalue weighted by Crippen LogP contribution is -2.28. The molecule has 0 aliphatic heterocycles. The molecular formula is C14H13ClN2O3. The molecule has 20 heavy (non-hydrogen) atoms. The Balaban J connectivity index is 2.36. The van der Waals surface area contributed by atoms with E-state index in [1.54, 1.807) is 19.2 Å². The largest absolute Gasteiger partial charge is 0.497 e. The van der Waals surface area contributed by atoms with Crippen LogP contribution in [0.3, 0.4) is 0 Å². The number of nitrogens with zero attached hydrogens (tertiary/aromatic N) is 2. The van der Waals surface area contributed by atoms with Crippen LogP contribution in [-0.4, -0.2) is 22.7 Å². The van der Waals surface area contributed by atoms with E-state index in [-0.39, 0.29) is 22.9 Å². The number of carbonyl (C=O) groups is 1. The van der Waals surface area contributed by atoms with E-state index in [1.807, 2.05) is 12.1 Å². The molecule has 0 spiro atoms. The predicted octanol–water partition coefficient (Wildman–Crippen LogP) is 2.16. The Labute approximate surface area is 120 Å². The van der Waals surface area contributed by atoms with Crippen LogP contribution >= 0.6 is 11.6 Å². The lowest BCUT2D eigenvalue weighted by atomic mass is 10.2. The highest BCUT2D eigenvalue weighted by Gasteiger charge is 2.14. The highest BCUT2D eigenvalue weighted by molar-refractivity contribution is 6.33. The number of ketones is 1. The Bertz CT molecular complexity index is 693. The number of ether oxygens (including phenoxy) is 1. The Hall–Kier alpha value is -2.14. The van der Waals surface area contributed by atoms with E-state index in [0.29, 0.717) is 0 Å². The van der Waals surface area contributed by atoms with Gasteiger partial charge in [0.15, 0.2) is 5.78 Å². The molecule has 0 amide bonds. The molecule has 104 valence electrons. The fourth-order valence-electron chi connectivity index (χ4n) is 1.80. The maximum absolute atomic E-state index is 12.1. The van der Waals surface area contributed by atoms with Crippen molar-refractivity contribution in [1.29, 1.82) is 0 Å². The predicted molar refractivity (Wildman–Crippen MR) is 75.6 cm³/mol. The van der Waals surface area contributed by atoms with E-state index in [2.05, 4.69) is 5.10 Å². The number of aromatic nitrogens is 2. The molecule has 0 radical (unpaired) electrons. The summed E-state index contributed by atoms with van der Waals surface area (Å²) in [6.45, 7) is 1.57. The molecule has 0 bridgehead atoms. The lowest BCUT2D eigenvalue weighted by Gasteiger charge is -2.07.